The van der Waals surface area contributed by atoms with Crippen molar-refractivity contribution in [1.29, 1.82) is 0 Å². The Morgan fingerprint density at radius 3 is 1.12 bits per heavy atom. The maximum Gasteiger partial charge on any atom is 0.220 e. The number of carbonyl (C=O) groups excluding carboxylic acids is 1. The minimum absolute atomic E-state index is 0.221. The topological polar surface area (TPSA) is 307 Å². The van der Waals surface area contributed by atoms with Gasteiger partial charge in [-0.25, -0.2) is 0 Å². The number of ether oxygens (including phenoxy) is 6. The van der Waals surface area contributed by atoms with Crippen LogP contribution in [0.15, 0.2) is 109 Å². The number of nitrogens with one attached hydrogen (secondary N) is 1. The number of unbranched alkanes of at least 4 members (excludes halogenated alkanes) is 28. The van der Waals surface area contributed by atoms with Gasteiger partial charge in [0.05, 0.1) is 38.6 Å². The van der Waals surface area contributed by atoms with E-state index in [1.54, 1.807) is 6.08 Å². The number of amides is 1. The monoisotopic (exact) mass is 1410 g/mol. The fourth-order valence-electron chi connectivity index (χ4n) is 12.5. The molecule has 0 aromatic carbocycles. The number of rotatable bonds is 60. The van der Waals surface area contributed by atoms with Gasteiger partial charge in [0, 0.05) is 6.42 Å². The average Bonchev–Trinajstić information content (AvgIpc) is 0.783. The molecule has 19 nitrogen and oxygen atoms in total. The lowest BCUT2D eigenvalue weighted by molar-refractivity contribution is -0.379. The highest BCUT2D eigenvalue weighted by Gasteiger charge is 2.53. The minimum Gasteiger partial charge on any atom is -0.394 e. The summed E-state index contributed by atoms with van der Waals surface area (Å²) in [5.74, 6) is -0.294. The zero-order valence-electron chi connectivity index (χ0n) is 61.4. The summed E-state index contributed by atoms with van der Waals surface area (Å²) in [4.78, 5) is 13.5. The lowest BCUT2D eigenvalue weighted by Crippen LogP contribution is -2.66. The number of aliphatic hydroxyl groups is 11. The van der Waals surface area contributed by atoms with Gasteiger partial charge in [0.25, 0.3) is 0 Å². The Balaban J connectivity index is 1.41. The van der Waals surface area contributed by atoms with Crippen LogP contribution in [0.3, 0.4) is 0 Å². The van der Waals surface area contributed by atoms with Gasteiger partial charge in [0.15, 0.2) is 18.9 Å². The Bertz CT molecular complexity index is 2230. The highest BCUT2D eigenvalue weighted by molar-refractivity contribution is 5.76. The molecule has 0 aromatic heterocycles. The Labute approximate surface area is 602 Å². The molecule has 0 radical (unpaired) electrons. The number of hydrogen-bond donors (Lipinski definition) is 12. The zero-order chi connectivity index (χ0) is 72.5. The first-order valence-corrected chi connectivity index (χ1v) is 39.1. The summed E-state index contributed by atoms with van der Waals surface area (Å²) in [7, 11) is 0. The van der Waals surface area contributed by atoms with Crippen molar-refractivity contribution < 1.29 is 89.4 Å². The van der Waals surface area contributed by atoms with Crippen LogP contribution in [-0.4, -0.2) is 193 Å². The second-order valence-electron chi connectivity index (χ2n) is 27.4. The average molecular weight is 1410 g/mol. The van der Waals surface area contributed by atoms with E-state index in [0.717, 1.165) is 96.3 Å². The van der Waals surface area contributed by atoms with Gasteiger partial charge < -0.3 is 89.9 Å². The van der Waals surface area contributed by atoms with E-state index in [2.05, 4.69) is 116 Å². The molecule has 3 rings (SSSR count). The van der Waals surface area contributed by atoms with Crippen molar-refractivity contribution in [2.45, 2.75) is 369 Å². The Hall–Kier alpha value is -3.55. The summed E-state index contributed by atoms with van der Waals surface area (Å²) in [5, 5.41) is 121. The van der Waals surface area contributed by atoms with Gasteiger partial charge in [-0.1, -0.05) is 277 Å². The molecular weight excluding hydrogens is 1270 g/mol. The fourth-order valence-corrected chi connectivity index (χ4v) is 12.5. The maximum absolute atomic E-state index is 13.5. The van der Waals surface area contributed by atoms with Crippen LogP contribution in [0.1, 0.15) is 264 Å². The van der Waals surface area contributed by atoms with E-state index >= 15 is 0 Å². The van der Waals surface area contributed by atoms with Crippen molar-refractivity contribution >= 4 is 5.91 Å². The standard InChI is InChI=1S/C81H139NO18/c1-3-5-7-9-11-13-15-17-19-21-23-25-27-29-30-31-32-33-34-35-37-39-41-43-45-47-49-51-53-55-57-59-69(87)82-64(65(86)58-56-54-52-50-48-46-44-42-40-38-36-28-26-24-22-20-18-16-14-12-10-8-6-4-2)63-95-79-75(93)72(90)77(67(61-84)97-79)100-81-76(94)73(91)78(68(62-85)98-81)99-80-74(92)71(89)70(88)66(60-83)96-80/h5,7,11,13,17,19,23,25,29-30,32-33,35,37,48,50,56,58,64-68,70-81,83-86,88-94H,3-4,6,8-10,12,14-16,18,20-22,24,26-28,31,34,36,38-47,49,51-55,57,59-63H2,1-2H3,(H,82,87)/b7-5-,13-11-,19-17-,25-23-,30-29-,33-32-,37-35-,50-48+,58-56+. The summed E-state index contributed by atoms with van der Waals surface area (Å²) in [6.45, 7) is 1.61. The summed E-state index contributed by atoms with van der Waals surface area (Å²) in [5.41, 5.74) is 0. The number of aliphatic hydroxyl groups excluding tert-OH is 11. The largest absolute Gasteiger partial charge is 0.394 e. The van der Waals surface area contributed by atoms with E-state index in [4.69, 9.17) is 28.4 Å². The lowest BCUT2D eigenvalue weighted by atomic mass is 9.96. The third-order valence-corrected chi connectivity index (χ3v) is 18.8. The fraction of sp³-hybridized carbons (Fsp3) is 0.765. The van der Waals surface area contributed by atoms with Crippen LogP contribution in [0.4, 0.5) is 0 Å². The van der Waals surface area contributed by atoms with Gasteiger partial charge in [0.2, 0.25) is 5.91 Å². The van der Waals surface area contributed by atoms with Gasteiger partial charge in [0.1, 0.15) is 73.2 Å². The highest BCUT2D eigenvalue weighted by atomic mass is 16.8. The number of hydrogen-bond acceptors (Lipinski definition) is 18. The molecule has 1 amide bonds. The van der Waals surface area contributed by atoms with Crippen LogP contribution in [0.25, 0.3) is 0 Å². The van der Waals surface area contributed by atoms with Crippen molar-refractivity contribution in [1.82, 2.24) is 5.32 Å². The second-order valence-corrected chi connectivity index (χ2v) is 27.4. The molecule has 0 saturated carbocycles. The quantitative estimate of drug-likeness (QED) is 0.0199. The third kappa shape index (κ3) is 40.6. The molecule has 0 aromatic rings. The third-order valence-electron chi connectivity index (χ3n) is 18.8. The lowest BCUT2D eigenvalue weighted by Gasteiger charge is -2.48. The van der Waals surface area contributed by atoms with Crippen LogP contribution in [0, 0.1) is 0 Å². The molecule has 19 heteroatoms. The van der Waals surface area contributed by atoms with Gasteiger partial charge in [-0.15, -0.1) is 0 Å². The molecule has 0 spiro atoms. The van der Waals surface area contributed by atoms with Crippen LogP contribution in [0.2, 0.25) is 0 Å². The Kier molecular flexibility index (Phi) is 55.0. The van der Waals surface area contributed by atoms with E-state index in [0.29, 0.717) is 12.8 Å². The van der Waals surface area contributed by atoms with Crippen molar-refractivity contribution in [2.75, 3.05) is 26.4 Å². The van der Waals surface area contributed by atoms with Crippen LogP contribution >= 0.6 is 0 Å². The minimum atomic E-state index is -1.99. The van der Waals surface area contributed by atoms with Crippen LogP contribution in [-0.2, 0) is 33.2 Å². The van der Waals surface area contributed by atoms with Gasteiger partial charge >= 0.3 is 0 Å². The number of allylic oxidation sites excluding steroid dienone is 17. The first-order valence-electron chi connectivity index (χ1n) is 39.1. The van der Waals surface area contributed by atoms with Crippen molar-refractivity contribution in [3.05, 3.63) is 109 Å². The van der Waals surface area contributed by atoms with Gasteiger partial charge in [-0.3, -0.25) is 4.79 Å². The van der Waals surface area contributed by atoms with Crippen molar-refractivity contribution in [3.8, 4) is 0 Å². The molecule has 576 valence electrons. The second kappa shape index (κ2) is 60.7. The molecule has 17 atom stereocenters. The molecule has 3 aliphatic rings. The predicted octanol–water partition coefficient (Wildman–Crippen LogP) is 12.6. The van der Waals surface area contributed by atoms with Gasteiger partial charge in [-0.05, 0) is 89.9 Å². The summed E-state index contributed by atoms with van der Waals surface area (Å²) in [6, 6.07) is -1.00. The zero-order valence-corrected chi connectivity index (χ0v) is 61.4. The van der Waals surface area contributed by atoms with Crippen molar-refractivity contribution in [2.24, 2.45) is 0 Å². The van der Waals surface area contributed by atoms with Crippen LogP contribution < -0.4 is 5.32 Å². The Morgan fingerprint density at radius 1 is 0.370 bits per heavy atom. The summed E-state index contributed by atoms with van der Waals surface area (Å²) in [6.07, 6.45) is 56.3. The van der Waals surface area contributed by atoms with E-state index in [9.17, 15) is 61.0 Å². The van der Waals surface area contributed by atoms with E-state index in [-0.39, 0.29) is 18.9 Å². The van der Waals surface area contributed by atoms with Crippen LogP contribution in [0.5, 0.6) is 0 Å². The molecule has 100 heavy (non-hydrogen) atoms. The molecule has 0 aliphatic carbocycles. The van der Waals surface area contributed by atoms with E-state index in [1.165, 1.54) is 135 Å². The predicted molar refractivity (Wildman–Crippen MR) is 397 cm³/mol. The molecule has 12 N–H and O–H groups in total. The maximum atomic E-state index is 13.5. The summed E-state index contributed by atoms with van der Waals surface area (Å²) >= 11 is 0. The van der Waals surface area contributed by atoms with E-state index in [1.807, 2.05) is 6.08 Å². The molecular formula is C81H139NO18. The SMILES string of the molecule is CC/C=C\C/C=C\C/C=C\C/C=C\C/C=C\C/C=C\C/C=C\CCCCCCCCCCCC(=O)NC(COC1OC(CO)C(OC2OC(CO)C(OC3OC(CO)C(O)C(O)C3O)C(O)C2O)C(O)C1O)C(O)/C=C/CC/C=C/CCCCCCCCCCCCCCCCCCCC. The number of carbonyl (C=O) groups is 1. The molecule has 17 unspecified atom stereocenters. The molecule has 0 bridgehead atoms. The molecule has 3 saturated heterocycles. The first kappa shape index (κ1) is 90.7. The normalized spacial score (nSPS) is 27.1. The Morgan fingerprint density at radius 2 is 0.700 bits per heavy atom. The summed E-state index contributed by atoms with van der Waals surface area (Å²) < 4.78 is 34.4. The highest BCUT2D eigenvalue weighted by Crippen LogP contribution is 2.33. The molecule has 3 fully saturated rings. The van der Waals surface area contributed by atoms with E-state index < -0.39 is 124 Å². The smallest absolute Gasteiger partial charge is 0.220 e. The first-order chi connectivity index (χ1) is 48.8. The molecule has 3 heterocycles. The van der Waals surface area contributed by atoms with Gasteiger partial charge in [-0.2, -0.15) is 0 Å². The molecule has 3 aliphatic heterocycles. The van der Waals surface area contributed by atoms with Crippen molar-refractivity contribution in [3.63, 3.8) is 0 Å².